The lowest BCUT2D eigenvalue weighted by molar-refractivity contribution is -0.140. The Morgan fingerprint density at radius 3 is 2.50 bits per heavy atom. The van der Waals surface area contributed by atoms with Gasteiger partial charge in [0.1, 0.15) is 19.0 Å². The van der Waals surface area contributed by atoms with Gasteiger partial charge in [-0.15, -0.1) is 0 Å². The van der Waals surface area contributed by atoms with Crippen molar-refractivity contribution in [2.75, 3.05) is 59.7 Å². The van der Waals surface area contributed by atoms with Gasteiger partial charge in [-0.2, -0.15) is 0 Å². The van der Waals surface area contributed by atoms with Gasteiger partial charge >= 0.3 is 0 Å². The SMILES string of the molecule is COc1cc(C2C(=C(O)c3ccc4c(c3)OCCO4)C(=O)C(=O)N2CCN2CCOCC2)ccc1O. The van der Waals surface area contributed by atoms with Gasteiger partial charge in [0.2, 0.25) is 0 Å². The molecule has 36 heavy (non-hydrogen) atoms. The number of Topliss-reactive ketones (excluding diaryl/α,β-unsaturated/α-hetero) is 1. The molecule has 1 amide bonds. The maximum absolute atomic E-state index is 13.3. The van der Waals surface area contributed by atoms with Crippen LogP contribution in [0.5, 0.6) is 23.0 Å². The molecule has 190 valence electrons. The summed E-state index contributed by atoms with van der Waals surface area (Å²) in [6, 6.07) is 8.65. The van der Waals surface area contributed by atoms with Gasteiger partial charge in [-0.25, -0.2) is 0 Å². The number of aliphatic hydroxyl groups excluding tert-OH is 1. The Hall–Kier alpha value is -3.76. The van der Waals surface area contributed by atoms with E-state index in [1.165, 1.54) is 18.1 Å². The highest BCUT2D eigenvalue weighted by molar-refractivity contribution is 6.46. The minimum absolute atomic E-state index is 0.0357. The van der Waals surface area contributed by atoms with E-state index in [1.54, 1.807) is 30.3 Å². The molecule has 3 aliphatic heterocycles. The Bertz CT molecular complexity index is 1200. The molecule has 3 aliphatic rings. The monoisotopic (exact) mass is 496 g/mol. The van der Waals surface area contributed by atoms with Crippen molar-refractivity contribution in [1.82, 2.24) is 9.80 Å². The van der Waals surface area contributed by atoms with Crippen LogP contribution in [0.3, 0.4) is 0 Å². The molecule has 2 aromatic carbocycles. The van der Waals surface area contributed by atoms with Crippen molar-refractivity contribution in [2.45, 2.75) is 6.04 Å². The molecule has 2 saturated heterocycles. The number of phenols is 1. The van der Waals surface area contributed by atoms with E-state index in [-0.39, 0.29) is 29.4 Å². The number of methoxy groups -OCH3 is 1. The number of aromatic hydroxyl groups is 1. The van der Waals surface area contributed by atoms with Gasteiger partial charge in [-0.1, -0.05) is 6.07 Å². The zero-order valence-electron chi connectivity index (χ0n) is 19.9. The number of ether oxygens (including phenoxy) is 4. The summed E-state index contributed by atoms with van der Waals surface area (Å²) in [4.78, 5) is 30.2. The molecule has 1 unspecified atom stereocenters. The van der Waals surface area contributed by atoms with Crippen LogP contribution >= 0.6 is 0 Å². The summed E-state index contributed by atoms with van der Waals surface area (Å²) in [5, 5.41) is 21.4. The standard InChI is InChI=1S/C26H28N2O8/c1-33-20-14-16(2-4-18(20)29)23-22(24(30)17-3-5-19-21(15-17)36-13-12-35-19)25(31)26(32)28(23)7-6-27-8-10-34-11-9-27/h2-5,14-15,23,29-30H,6-13H2,1H3. The molecule has 0 bridgehead atoms. The summed E-state index contributed by atoms with van der Waals surface area (Å²) in [6.45, 7) is 4.31. The molecule has 0 aliphatic carbocycles. The molecular formula is C26H28N2O8. The molecule has 0 aromatic heterocycles. The van der Waals surface area contributed by atoms with Crippen molar-refractivity contribution >= 4 is 17.4 Å². The summed E-state index contributed by atoms with van der Waals surface area (Å²) >= 11 is 0. The van der Waals surface area contributed by atoms with Crippen molar-refractivity contribution in [3.05, 3.63) is 53.1 Å². The number of amides is 1. The number of aliphatic hydroxyl groups is 1. The second-order valence-electron chi connectivity index (χ2n) is 8.74. The van der Waals surface area contributed by atoms with Crippen molar-refractivity contribution in [3.8, 4) is 23.0 Å². The summed E-state index contributed by atoms with van der Waals surface area (Å²) in [5.74, 6) is -0.653. The average Bonchev–Trinajstić information content (AvgIpc) is 3.17. The van der Waals surface area contributed by atoms with Gasteiger partial charge in [0.25, 0.3) is 11.7 Å². The number of phenolic OH excluding ortho intramolecular Hbond substituents is 1. The average molecular weight is 497 g/mol. The minimum atomic E-state index is -0.867. The van der Waals surface area contributed by atoms with Gasteiger partial charge in [-0.05, 0) is 35.9 Å². The van der Waals surface area contributed by atoms with Crippen molar-refractivity contribution in [2.24, 2.45) is 0 Å². The summed E-state index contributed by atoms with van der Waals surface area (Å²) < 4.78 is 21.8. The largest absolute Gasteiger partial charge is 0.507 e. The van der Waals surface area contributed by atoms with Gasteiger partial charge in [-0.3, -0.25) is 14.5 Å². The number of morpholine rings is 1. The number of carbonyl (C=O) groups is 2. The minimum Gasteiger partial charge on any atom is -0.507 e. The van der Waals surface area contributed by atoms with Crippen LogP contribution < -0.4 is 14.2 Å². The van der Waals surface area contributed by atoms with Crippen molar-refractivity contribution in [3.63, 3.8) is 0 Å². The highest BCUT2D eigenvalue weighted by atomic mass is 16.6. The molecule has 0 spiro atoms. The topological polar surface area (TPSA) is 118 Å². The first-order valence-corrected chi connectivity index (χ1v) is 11.8. The maximum Gasteiger partial charge on any atom is 0.295 e. The first-order valence-electron chi connectivity index (χ1n) is 11.8. The first-order chi connectivity index (χ1) is 17.5. The van der Waals surface area contributed by atoms with Crippen LogP contribution in [0.25, 0.3) is 5.76 Å². The molecule has 2 fully saturated rings. The number of nitrogens with zero attached hydrogens (tertiary/aromatic N) is 2. The fourth-order valence-electron chi connectivity index (χ4n) is 4.74. The first kappa shape index (κ1) is 24.0. The molecule has 5 rings (SSSR count). The number of hydrogen-bond acceptors (Lipinski definition) is 9. The third kappa shape index (κ3) is 4.45. The van der Waals surface area contributed by atoms with Crippen molar-refractivity contribution < 1.29 is 38.7 Å². The van der Waals surface area contributed by atoms with E-state index < -0.39 is 17.7 Å². The predicted octanol–water partition coefficient (Wildman–Crippen LogP) is 1.93. The van der Waals surface area contributed by atoms with E-state index in [9.17, 15) is 19.8 Å². The summed E-state index contributed by atoms with van der Waals surface area (Å²) in [6.07, 6.45) is 0. The van der Waals surface area contributed by atoms with Crippen LogP contribution in [0.1, 0.15) is 17.2 Å². The van der Waals surface area contributed by atoms with Crippen LogP contribution in [-0.2, 0) is 14.3 Å². The van der Waals surface area contributed by atoms with Gasteiger partial charge in [0.15, 0.2) is 23.0 Å². The van der Waals surface area contributed by atoms with E-state index in [2.05, 4.69) is 4.90 Å². The second-order valence-corrected chi connectivity index (χ2v) is 8.74. The number of carbonyl (C=O) groups excluding carboxylic acids is 2. The van der Waals surface area contributed by atoms with Gasteiger partial charge in [0, 0.05) is 31.7 Å². The molecular weight excluding hydrogens is 468 g/mol. The van der Waals surface area contributed by atoms with Crippen LogP contribution in [0.2, 0.25) is 0 Å². The third-order valence-electron chi connectivity index (χ3n) is 6.64. The van der Waals surface area contributed by atoms with Crippen LogP contribution in [-0.4, -0.2) is 91.4 Å². The third-order valence-corrected chi connectivity index (χ3v) is 6.64. The van der Waals surface area contributed by atoms with Crippen molar-refractivity contribution in [1.29, 1.82) is 0 Å². The van der Waals surface area contributed by atoms with Crippen LogP contribution in [0.15, 0.2) is 42.0 Å². The molecule has 0 saturated carbocycles. The van der Waals surface area contributed by atoms with E-state index in [1.807, 2.05) is 0 Å². The number of rotatable bonds is 6. The van der Waals surface area contributed by atoms with E-state index in [0.717, 1.165) is 13.1 Å². The molecule has 1 atom stereocenters. The normalized spacial score (nSPS) is 21.6. The van der Waals surface area contributed by atoms with Crippen LogP contribution in [0.4, 0.5) is 0 Å². The Balaban J connectivity index is 1.56. The smallest absolute Gasteiger partial charge is 0.295 e. The fourth-order valence-corrected chi connectivity index (χ4v) is 4.74. The van der Waals surface area contributed by atoms with Gasteiger partial charge < -0.3 is 34.1 Å². The number of likely N-dealkylation sites (tertiary alicyclic amines) is 1. The summed E-state index contributed by atoms with van der Waals surface area (Å²) in [7, 11) is 1.42. The van der Waals surface area contributed by atoms with E-state index in [0.29, 0.717) is 55.6 Å². The van der Waals surface area contributed by atoms with Crippen LogP contribution in [0, 0.1) is 0 Å². The summed E-state index contributed by atoms with van der Waals surface area (Å²) in [5.41, 5.74) is 0.831. The molecule has 3 heterocycles. The fraction of sp³-hybridized carbons (Fsp3) is 0.385. The van der Waals surface area contributed by atoms with E-state index >= 15 is 0 Å². The number of hydrogen-bond donors (Lipinski definition) is 2. The molecule has 2 N–H and O–H groups in total. The van der Waals surface area contributed by atoms with Gasteiger partial charge in [0.05, 0.1) is 31.9 Å². The molecule has 10 nitrogen and oxygen atoms in total. The number of fused-ring (bicyclic) bond motifs is 1. The highest BCUT2D eigenvalue weighted by Gasteiger charge is 2.46. The number of benzene rings is 2. The quantitative estimate of drug-likeness (QED) is 0.351. The lowest BCUT2D eigenvalue weighted by Gasteiger charge is -2.31. The Kier molecular flexibility index (Phi) is 6.71. The highest BCUT2D eigenvalue weighted by Crippen LogP contribution is 2.42. The number of ketones is 1. The Morgan fingerprint density at radius 1 is 1.00 bits per heavy atom. The lowest BCUT2D eigenvalue weighted by atomic mass is 9.94. The molecule has 10 heteroatoms. The zero-order valence-corrected chi connectivity index (χ0v) is 19.9. The Labute approximate surface area is 208 Å². The van der Waals surface area contributed by atoms with E-state index in [4.69, 9.17) is 18.9 Å². The predicted molar refractivity (Wildman–Crippen MR) is 128 cm³/mol. The second kappa shape index (κ2) is 10.1. The maximum atomic E-state index is 13.3. The lowest BCUT2D eigenvalue weighted by Crippen LogP contribution is -2.42. The zero-order chi connectivity index (χ0) is 25.2. The Morgan fingerprint density at radius 2 is 1.75 bits per heavy atom. The molecule has 0 radical (unpaired) electrons. The molecule has 2 aromatic rings.